The van der Waals surface area contributed by atoms with Crippen LogP contribution < -0.4 is 0 Å². The Morgan fingerprint density at radius 1 is 0.963 bits per heavy atom. The van der Waals surface area contributed by atoms with E-state index in [0.29, 0.717) is 11.6 Å². The van der Waals surface area contributed by atoms with Gasteiger partial charge in [0.1, 0.15) is 0 Å². The van der Waals surface area contributed by atoms with Crippen molar-refractivity contribution in [1.29, 1.82) is 0 Å². The molecule has 4 rings (SSSR count). The molecular weight excluding hydrogens is 326 g/mol. The number of hydrogen-bond donors (Lipinski definition) is 0. The topological polar surface area (TPSA) is 3.24 Å². The Bertz CT molecular complexity index is 606. The minimum Gasteiger partial charge on any atom is -0.288 e. The molecule has 1 saturated carbocycles. The van der Waals surface area contributed by atoms with Gasteiger partial charge in [0.15, 0.2) is 0 Å². The zero-order valence-corrected chi connectivity index (χ0v) is 17.4. The molecule has 3 fully saturated rings. The highest BCUT2D eigenvalue weighted by molar-refractivity contribution is 5.49. The van der Waals surface area contributed by atoms with E-state index in [1.807, 2.05) is 0 Å². The van der Waals surface area contributed by atoms with Gasteiger partial charge >= 0.3 is 0 Å². The van der Waals surface area contributed by atoms with Crippen molar-refractivity contribution >= 4 is 6.08 Å². The Kier molecular flexibility index (Phi) is 6.38. The van der Waals surface area contributed by atoms with Crippen LogP contribution in [0.15, 0.2) is 36.4 Å². The summed E-state index contributed by atoms with van der Waals surface area (Å²) in [5.41, 5.74) is 1.91. The van der Waals surface area contributed by atoms with Crippen LogP contribution in [0.1, 0.15) is 96.0 Å². The molecule has 0 N–H and O–H groups in total. The normalized spacial score (nSPS) is 33.9. The van der Waals surface area contributed by atoms with Crippen molar-refractivity contribution in [3.63, 3.8) is 0 Å². The van der Waals surface area contributed by atoms with Gasteiger partial charge in [-0.1, -0.05) is 87.9 Å². The lowest BCUT2D eigenvalue weighted by atomic mass is 9.66. The maximum Gasteiger partial charge on any atom is 0.0290 e. The van der Waals surface area contributed by atoms with E-state index >= 15 is 0 Å². The molecule has 1 spiro atoms. The molecule has 0 aromatic heterocycles. The van der Waals surface area contributed by atoms with E-state index in [1.165, 1.54) is 89.0 Å². The molecule has 1 nitrogen and oxygen atoms in total. The Labute approximate surface area is 167 Å². The summed E-state index contributed by atoms with van der Waals surface area (Å²) in [7, 11) is 0. The number of benzene rings is 1. The van der Waals surface area contributed by atoms with Gasteiger partial charge in [-0.15, -0.1) is 0 Å². The van der Waals surface area contributed by atoms with Crippen LogP contribution in [0.4, 0.5) is 0 Å². The standard InChI is InChI=1S/C26H39N/c1-2-3-4-8-14-24-18-16-23-13-9-10-20-26(23)21-19-25(27(24)26)17-15-22-11-6-5-7-12-22/h5-7,11-12,15,17,23-25H,2-4,8-10,13-14,16,18-21H2,1H3/b17-15+/t23-,24+,25+,26-/m0/s1. The third-order valence-electron chi connectivity index (χ3n) is 7.86. The van der Waals surface area contributed by atoms with Gasteiger partial charge in [0.25, 0.3) is 0 Å². The molecule has 2 saturated heterocycles. The van der Waals surface area contributed by atoms with Gasteiger partial charge in [0.2, 0.25) is 0 Å². The van der Waals surface area contributed by atoms with Crippen LogP contribution in [0, 0.1) is 5.92 Å². The smallest absolute Gasteiger partial charge is 0.0290 e. The van der Waals surface area contributed by atoms with Gasteiger partial charge in [-0.2, -0.15) is 0 Å². The highest BCUT2D eigenvalue weighted by Gasteiger charge is 2.55. The number of hydrogen-bond acceptors (Lipinski definition) is 1. The summed E-state index contributed by atoms with van der Waals surface area (Å²) < 4.78 is 0. The molecule has 0 amide bonds. The van der Waals surface area contributed by atoms with Crippen LogP contribution in [0.25, 0.3) is 6.08 Å². The van der Waals surface area contributed by atoms with Gasteiger partial charge < -0.3 is 0 Å². The lowest BCUT2D eigenvalue weighted by Crippen LogP contribution is -2.60. The van der Waals surface area contributed by atoms with Crippen molar-refractivity contribution in [1.82, 2.24) is 4.90 Å². The van der Waals surface area contributed by atoms with Crippen molar-refractivity contribution < 1.29 is 0 Å². The molecule has 148 valence electrons. The minimum atomic E-state index is 0.553. The minimum absolute atomic E-state index is 0.553. The second-order valence-electron chi connectivity index (χ2n) is 9.41. The first-order valence-electron chi connectivity index (χ1n) is 11.9. The molecular formula is C26H39N. The molecule has 2 aliphatic heterocycles. The van der Waals surface area contributed by atoms with Crippen LogP contribution in [0.2, 0.25) is 0 Å². The van der Waals surface area contributed by atoms with Gasteiger partial charge in [-0.25, -0.2) is 0 Å². The Hall–Kier alpha value is -1.08. The van der Waals surface area contributed by atoms with Crippen molar-refractivity contribution in [3.05, 3.63) is 42.0 Å². The van der Waals surface area contributed by atoms with E-state index < -0.39 is 0 Å². The van der Waals surface area contributed by atoms with E-state index in [2.05, 4.69) is 54.3 Å². The maximum atomic E-state index is 3.08. The third-order valence-corrected chi connectivity index (χ3v) is 7.86. The molecule has 27 heavy (non-hydrogen) atoms. The fourth-order valence-electron chi connectivity index (χ4n) is 6.61. The monoisotopic (exact) mass is 365 g/mol. The summed E-state index contributed by atoms with van der Waals surface area (Å²) in [4.78, 5) is 3.08. The molecule has 3 aliphatic rings. The lowest BCUT2D eigenvalue weighted by Gasteiger charge is -2.56. The Morgan fingerprint density at radius 3 is 2.70 bits per heavy atom. The van der Waals surface area contributed by atoms with Crippen LogP contribution in [0.3, 0.4) is 0 Å². The van der Waals surface area contributed by atoms with Crippen LogP contribution >= 0.6 is 0 Å². The largest absolute Gasteiger partial charge is 0.288 e. The quantitative estimate of drug-likeness (QED) is 0.461. The first kappa shape index (κ1) is 19.2. The summed E-state index contributed by atoms with van der Waals surface area (Å²) >= 11 is 0. The predicted molar refractivity (Wildman–Crippen MR) is 117 cm³/mol. The maximum absolute atomic E-state index is 3.08. The molecule has 1 aromatic rings. The van der Waals surface area contributed by atoms with Crippen LogP contribution in [-0.2, 0) is 0 Å². The van der Waals surface area contributed by atoms with Crippen molar-refractivity contribution in [2.75, 3.05) is 0 Å². The number of rotatable bonds is 7. The fourth-order valence-corrected chi connectivity index (χ4v) is 6.61. The number of nitrogens with zero attached hydrogens (tertiary/aromatic N) is 1. The summed E-state index contributed by atoms with van der Waals surface area (Å²) in [6.45, 7) is 2.33. The molecule has 1 aromatic carbocycles. The van der Waals surface area contributed by atoms with Gasteiger partial charge in [0.05, 0.1) is 0 Å². The highest BCUT2D eigenvalue weighted by atomic mass is 15.3. The van der Waals surface area contributed by atoms with E-state index in [1.54, 1.807) is 0 Å². The van der Waals surface area contributed by atoms with Crippen molar-refractivity contribution in [2.24, 2.45) is 5.92 Å². The Balaban J connectivity index is 1.52. The van der Waals surface area contributed by atoms with Gasteiger partial charge in [-0.05, 0) is 56.4 Å². The second-order valence-corrected chi connectivity index (χ2v) is 9.41. The van der Waals surface area contributed by atoms with Crippen molar-refractivity contribution in [3.8, 4) is 0 Å². The van der Waals surface area contributed by atoms with E-state index in [9.17, 15) is 0 Å². The van der Waals surface area contributed by atoms with Crippen molar-refractivity contribution in [2.45, 2.75) is 108 Å². The number of unbranched alkanes of at least 4 members (excludes halogenated alkanes) is 3. The van der Waals surface area contributed by atoms with Crippen LogP contribution in [0.5, 0.6) is 0 Å². The number of piperidine rings is 1. The van der Waals surface area contributed by atoms with Gasteiger partial charge in [0, 0.05) is 17.6 Å². The lowest BCUT2D eigenvalue weighted by molar-refractivity contribution is -0.0539. The zero-order valence-electron chi connectivity index (χ0n) is 17.4. The summed E-state index contributed by atoms with van der Waals surface area (Å²) in [6.07, 6.45) is 23.7. The molecule has 0 unspecified atom stereocenters. The summed E-state index contributed by atoms with van der Waals surface area (Å²) in [5, 5.41) is 0. The molecule has 0 bridgehead atoms. The molecule has 1 aliphatic carbocycles. The second kappa shape index (κ2) is 8.95. The first-order chi connectivity index (χ1) is 13.3. The first-order valence-corrected chi connectivity index (χ1v) is 11.9. The molecule has 2 heterocycles. The molecule has 1 heteroatoms. The van der Waals surface area contributed by atoms with E-state index in [-0.39, 0.29) is 0 Å². The van der Waals surface area contributed by atoms with E-state index in [4.69, 9.17) is 0 Å². The summed E-state index contributed by atoms with van der Waals surface area (Å²) in [6, 6.07) is 12.4. The predicted octanol–water partition coefficient (Wildman–Crippen LogP) is 7.23. The average molecular weight is 366 g/mol. The highest BCUT2D eigenvalue weighted by Crippen LogP contribution is 2.54. The van der Waals surface area contributed by atoms with Crippen LogP contribution in [-0.4, -0.2) is 22.5 Å². The Morgan fingerprint density at radius 2 is 1.85 bits per heavy atom. The molecule has 4 atom stereocenters. The average Bonchev–Trinajstić information content (AvgIpc) is 3.09. The van der Waals surface area contributed by atoms with Gasteiger partial charge in [-0.3, -0.25) is 4.90 Å². The SMILES string of the molecule is CCCCCC[C@@H]1CC[C@@H]2CCCC[C@]23CC[C@@H](/C=C/c2ccccc2)N13. The summed E-state index contributed by atoms with van der Waals surface area (Å²) in [5.74, 6) is 0.980. The fraction of sp³-hybridized carbons (Fsp3) is 0.692. The zero-order chi connectivity index (χ0) is 18.5. The third kappa shape index (κ3) is 4.04. The molecule has 0 radical (unpaired) electrons. The van der Waals surface area contributed by atoms with E-state index in [0.717, 1.165) is 12.0 Å².